The molecule has 0 unspecified atom stereocenters. The van der Waals surface area contributed by atoms with Gasteiger partial charge in [-0.2, -0.15) is 5.26 Å². The predicted octanol–water partition coefficient (Wildman–Crippen LogP) is 2.10. The number of carboxylic acid groups (broad SMARTS) is 1. The van der Waals surface area contributed by atoms with Crippen molar-refractivity contribution in [3.63, 3.8) is 0 Å². The molecule has 0 aliphatic carbocycles. The Hall–Kier alpha value is -3.07. The van der Waals surface area contributed by atoms with E-state index < -0.39 is 11.9 Å². The molecule has 6 nitrogen and oxygen atoms in total. The number of nitrogens with zero attached hydrogens (tertiary/aromatic N) is 1. The number of hydrogen-bond donors (Lipinski definition) is 2. The monoisotopic (exact) mass is 256 g/mol. The summed E-state index contributed by atoms with van der Waals surface area (Å²) in [6.07, 6.45) is 0. The first-order chi connectivity index (χ1) is 9.11. The van der Waals surface area contributed by atoms with E-state index in [0.717, 1.165) is 0 Å². The SMILES string of the molecule is N#Cc1ccccc1NC(=O)c1ccc(C(=O)O)o1. The third-order valence-corrected chi connectivity index (χ3v) is 2.34. The predicted molar refractivity (Wildman–Crippen MR) is 64.8 cm³/mol. The third kappa shape index (κ3) is 2.61. The van der Waals surface area contributed by atoms with Gasteiger partial charge in [-0.3, -0.25) is 4.79 Å². The third-order valence-electron chi connectivity index (χ3n) is 2.34. The highest BCUT2D eigenvalue weighted by molar-refractivity contribution is 6.03. The molecule has 94 valence electrons. The summed E-state index contributed by atoms with van der Waals surface area (Å²) in [4.78, 5) is 22.4. The topological polar surface area (TPSA) is 103 Å². The number of carbonyl (C=O) groups is 2. The lowest BCUT2D eigenvalue weighted by atomic mass is 10.2. The Labute approximate surface area is 107 Å². The van der Waals surface area contributed by atoms with E-state index in [-0.39, 0.29) is 11.5 Å². The number of hydrogen-bond acceptors (Lipinski definition) is 4. The van der Waals surface area contributed by atoms with Crippen molar-refractivity contribution in [1.29, 1.82) is 5.26 Å². The number of nitriles is 1. The van der Waals surface area contributed by atoms with Crippen LogP contribution < -0.4 is 5.32 Å². The highest BCUT2D eigenvalue weighted by Crippen LogP contribution is 2.16. The smallest absolute Gasteiger partial charge is 0.371 e. The summed E-state index contributed by atoms with van der Waals surface area (Å²) < 4.78 is 4.86. The number of rotatable bonds is 3. The first-order valence-electron chi connectivity index (χ1n) is 5.25. The molecule has 0 aliphatic heterocycles. The zero-order chi connectivity index (χ0) is 13.8. The van der Waals surface area contributed by atoms with Crippen LogP contribution in [0.25, 0.3) is 0 Å². The Kier molecular flexibility index (Phi) is 3.30. The number of para-hydroxylation sites is 1. The van der Waals surface area contributed by atoms with E-state index in [1.54, 1.807) is 24.3 Å². The molecule has 0 saturated heterocycles. The zero-order valence-electron chi connectivity index (χ0n) is 9.58. The molecular weight excluding hydrogens is 248 g/mol. The molecule has 1 amide bonds. The Morgan fingerprint density at radius 2 is 1.84 bits per heavy atom. The first-order valence-corrected chi connectivity index (χ1v) is 5.25. The zero-order valence-corrected chi connectivity index (χ0v) is 9.58. The van der Waals surface area contributed by atoms with Crippen molar-refractivity contribution in [1.82, 2.24) is 0 Å². The number of aromatic carboxylic acids is 1. The van der Waals surface area contributed by atoms with Gasteiger partial charge in [-0.05, 0) is 24.3 Å². The van der Waals surface area contributed by atoms with Gasteiger partial charge in [-0.1, -0.05) is 12.1 Å². The number of benzene rings is 1. The van der Waals surface area contributed by atoms with Crippen molar-refractivity contribution in [2.75, 3.05) is 5.32 Å². The average Bonchev–Trinajstić information content (AvgIpc) is 2.89. The van der Waals surface area contributed by atoms with Crippen molar-refractivity contribution in [2.45, 2.75) is 0 Å². The molecule has 0 saturated carbocycles. The maximum absolute atomic E-state index is 11.8. The summed E-state index contributed by atoms with van der Waals surface area (Å²) in [5.74, 6) is -2.32. The van der Waals surface area contributed by atoms with Crippen LogP contribution in [0.5, 0.6) is 0 Å². The van der Waals surface area contributed by atoms with Crippen molar-refractivity contribution < 1.29 is 19.1 Å². The molecule has 0 spiro atoms. The number of carbonyl (C=O) groups excluding carboxylic acids is 1. The van der Waals surface area contributed by atoms with Gasteiger partial charge < -0.3 is 14.8 Å². The number of anilines is 1. The van der Waals surface area contributed by atoms with Crippen LogP contribution in [-0.2, 0) is 0 Å². The van der Waals surface area contributed by atoms with Crippen molar-refractivity contribution >= 4 is 17.6 Å². The molecule has 2 N–H and O–H groups in total. The van der Waals surface area contributed by atoms with Gasteiger partial charge in [-0.15, -0.1) is 0 Å². The molecule has 0 fully saturated rings. The largest absolute Gasteiger partial charge is 0.475 e. The van der Waals surface area contributed by atoms with Crippen molar-refractivity contribution in [3.8, 4) is 6.07 Å². The Balaban J connectivity index is 2.21. The molecule has 6 heteroatoms. The summed E-state index contributed by atoms with van der Waals surface area (Å²) in [7, 11) is 0. The van der Waals surface area contributed by atoms with Gasteiger partial charge in [0.2, 0.25) is 5.76 Å². The van der Waals surface area contributed by atoms with Gasteiger partial charge >= 0.3 is 5.97 Å². The number of nitrogens with one attached hydrogen (secondary N) is 1. The molecule has 0 aliphatic rings. The van der Waals surface area contributed by atoms with Crippen molar-refractivity contribution in [2.24, 2.45) is 0 Å². The second-order valence-electron chi connectivity index (χ2n) is 3.58. The fourth-order valence-corrected chi connectivity index (χ4v) is 1.45. The van der Waals surface area contributed by atoms with Crippen LogP contribution in [0.15, 0.2) is 40.8 Å². The van der Waals surface area contributed by atoms with Crippen LogP contribution in [0.4, 0.5) is 5.69 Å². The first kappa shape index (κ1) is 12.4. The summed E-state index contributed by atoms with van der Waals surface area (Å²) >= 11 is 0. The molecule has 1 aromatic heterocycles. The van der Waals surface area contributed by atoms with Crippen LogP contribution >= 0.6 is 0 Å². The summed E-state index contributed by atoms with van der Waals surface area (Å²) in [5, 5.41) is 20.0. The number of carboxylic acids is 1. The highest BCUT2D eigenvalue weighted by Gasteiger charge is 2.15. The molecular formula is C13H8N2O4. The Morgan fingerprint density at radius 1 is 1.16 bits per heavy atom. The van der Waals surface area contributed by atoms with Gasteiger partial charge in [0, 0.05) is 0 Å². The Morgan fingerprint density at radius 3 is 2.47 bits per heavy atom. The van der Waals surface area contributed by atoms with Gasteiger partial charge in [0.15, 0.2) is 5.76 Å². The second kappa shape index (κ2) is 5.06. The van der Waals surface area contributed by atoms with Crippen LogP contribution in [0.1, 0.15) is 26.7 Å². The second-order valence-corrected chi connectivity index (χ2v) is 3.58. The van der Waals surface area contributed by atoms with Gasteiger partial charge in [0.05, 0.1) is 11.3 Å². The molecule has 2 rings (SSSR count). The molecule has 0 atom stereocenters. The normalized spacial score (nSPS) is 9.63. The number of furan rings is 1. The maximum atomic E-state index is 11.8. The van der Waals surface area contributed by atoms with Crippen LogP contribution in [0, 0.1) is 11.3 Å². The van der Waals surface area contributed by atoms with E-state index >= 15 is 0 Å². The summed E-state index contributed by atoms with van der Waals surface area (Å²) in [6.45, 7) is 0. The highest BCUT2D eigenvalue weighted by atomic mass is 16.4. The van der Waals surface area contributed by atoms with Gasteiger partial charge in [0.25, 0.3) is 5.91 Å². The molecule has 0 bridgehead atoms. The van der Waals surface area contributed by atoms with E-state index in [0.29, 0.717) is 11.3 Å². The lowest BCUT2D eigenvalue weighted by molar-refractivity contribution is 0.0660. The van der Waals surface area contributed by atoms with Crippen LogP contribution in [-0.4, -0.2) is 17.0 Å². The fourth-order valence-electron chi connectivity index (χ4n) is 1.45. The molecule has 2 aromatic rings. The van der Waals surface area contributed by atoms with E-state index in [1.807, 2.05) is 6.07 Å². The van der Waals surface area contributed by atoms with E-state index in [1.165, 1.54) is 12.1 Å². The molecule has 1 aromatic carbocycles. The quantitative estimate of drug-likeness (QED) is 0.875. The molecule has 19 heavy (non-hydrogen) atoms. The minimum absolute atomic E-state index is 0.134. The number of amides is 1. The minimum atomic E-state index is -1.25. The van der Waals surface area contributed by atoms with Crippen molar-refractivity contribution in [3.05, 3.63) is 53.5 Å². The summed E-state index contributed by atoms with van der Waals surface area (Å²) in [6, 6.07) is 10.8. The van der Waals surface area contributed by atoms with Crippen LogP contribution in [0.3, 0.4) is 0 Å². The van der Waals surface area contributed by atoms with E-state index in [4.69, 9.17) is 14.8 Å². The standard InChI is InChI=1S/C13H8N2O4/c14-7-8-3-1-2-4-9(8)15-12(16)10-5-6-11(19-10)13(17)18/h1-6H,(H,15,16)(H,17,18). The average molecular weight is 256 g/mol. The van der Waals surface area contributed by atoms with Crippen LogP contribution in [0.2, 0.25) is 0 Å². The van der Waals surface area contributed by atoms with Gasteiger partial charge in [0.1, 0.15) is 6.07 Å². The van der Waals surface area contributed by atoms with E-state index in [2.05, 4.69) is 5.32 Å². The fraction of sp³-hybridized carbons (Fsp3) is 0. The molecule has 0 radical (unpaired) electrons. The Bertz CT molecular complexity index is 682. The lowest BCUT2D eigenvalue weighted by Crippen LogP contribution is -2.12. The minimum Gasteiger partial charge on any atom is -0.475 e. The summed E-state index contributed by atoms with van der Waals surface area (Å²) in [5.41, 5.74) is 0.643. The molecule has 1 heterocycles. The maximum Gasteiger partial charge on any atom is 0.371 e. The van der Waals surface area contributed by atoms with Gasteiger partial charge in [-0.25, -0.2) is 4.79 Å². The lowest BCUT2D eigenvalue weighted by Gasteiger charge is -2.04. The van der Waals surface area contributed by atoms with E-state index in [9.17, 15) is 9.59 Å².